The molecule has 0 unspecified atom stereocenters. The Kier molecular flexibility index (Phi) is 5.53. The largest absolute Gasteiger partial charge is 0.496 e. The van der Waals surface area contributed by atoms with E-state index in [9.17, 15) is 18.0 Å². The molecule has 9 heteroatoms. The van der Waals surface area contributed by atoms with Crippen LogP contribution in [-0.4, -0.2) is 48.4 Å². The first-order valence-corrected chi connectivity index (χ1v) is 9.71. The van der Waals surface area contributed by atoms with Crippen molar-refractivity contribution in [3.05, 3.63) is 28.8 Å². The molecule has 2 saturated heterocycles. The molecule has 1 aromatic carbocycles. The van der Waals surface area contributed by atoms with Crippen molar-refractivity contribution >= 4 is 30.1 Å². The van der Waals surface area contributed by atoms with E-state index in [4.69, 9.17) is 20.9 Å². The number of rotatable bonds is 2. The molecule has 0 N–H and O–H groups in total. The van der Waals surface area contributed by atoms with Crippen LogP contribution < -0.4 is 5.46 Å². The third-order valence-corrected chi connectivity index (χ3v) is 6.33. The Bertz CT molecular complexity index is 745. The van der Waals surface area contributed by atoms with Crippen molar-refractivity contribution in [1.29, 1.82) is 0 Å². The number of alkyl halides is 3. The van der Waals surface area contributed by atoms with Gasteiger partial charge in [-0.15, -0.1) is 0 Å². The van der Waals surface area contributed by atoms with Crippen LogP contribution in [-0.2, 0) is 9.31 Å². The molecule has 1 amide bonds. The number of nitrogens with zero attached hydrogens (tertiary/aromatic N) is 1. The predicted molar refractivity (Wildman–Crippen MR) is 102 cm³/mol. The van der Waals surface area contributed by atoms with Crippen molar-refractivity contribution in [3.63, 3.8) is 0 Å². The Morgan fingerprint density at radius 1 is 1.14 bits per heavy atom. The van der Waals surface area contributed by atoms with Gasteiger partial charge in [0, 0.05) is 29.1 Å². The van der Waals surface area contributed by atoms with Crippen LogP contribution in [0, 0.1) is 5.92 Å². The van der Waals surface area contributed by atoms with Gasteiger partial charge in [0.25, 0.3) is 5.91 Å². The topological polar surface area (TPSA) is 38.8 Å². The quantitative estimate of drug-likeness (QED) is 0.681. The molecular weight excluding hydrogens is 393 g/mol. The zero-order valence-corrected chi connectivity index (χ0v) is 17.2. The lowest BCUT2D eigenvalue weighted by Crippen LogP contribution is -2.42. The Balaban J connectivity index is 1.71. The summed E-state index contributed by atoms with van der Waals surface area (Å²) in [4.78, 5) is 14.1. The minimum absolute atomic E-state index is 0.0744. The number of benzene rings is 1. The number of carbonyl (C=O) groups is 1. The Morgan fingerprint density at radius 3 is 2.14 bits per heavy atom. The van der Waals surface area contributed by atoms with Crippen LogP contribution in [0.4, 0.5) is 13.2 Å². The number of carbonyl (C=O) groups excluding carboxylic acids is 1. The van der Waals surface area contributed by atoms with E-state index in [-0.39, 0.29) is 31.8 Å². The first-order valence-electron chi connectivity index (χ1n) is 9.33. The summed E-state index contributed by atoms with van der Waals surface area (Å²) in [5, 5.41) is 0.328. The molecule has 0 saturated carbocycles. The molecule has 0 radical (unpaired) electrons. The monoisotopic (exact) mass is 417 g/mol. The lowest BCUT2D eigenvalue weighted by Gasteiger charge is -2.33. The highest BCUT2D eigenvalue weighted by atomic mass is 35.5. The van der Waals surface area contributed by atoms with Gasteiger partial charge >= 0.3 is 13.3 Å². The van der Waals surface area contributed by atoms with Gasteiger partial charge in [-0.05, 0) is 52.7 Å². The minimum atomic E-state index is -4.21. The molecule has 154 valence electrons. The summed E-state index contributed by atoms with van der Waals surface area (Å²) in [5.74, 6) is -1.66. The SMILES string of the molecule is CC1(C)OB(c2ccc(C(=O)N3CCC(C(F)(F)F)CC3)cc2Cl)OC1(C)C. The zero-order chi connectivity index (χ0) is 20.9. The maximum absolute atomic E-state index is 12.8. The van der Waals surface area contributed by atoms with E-state index in [0.717, 1.165) is 0 Å². The third kappa shape index (κ3) is 4.05. The average Bonchev–Trinajstić information content (AvgIpc) is 2.81. The second-order valence-electron chi connectivity index (χ2n) is 8.43. The van der Waals surface area contributed by atoms with Gasteiger partial charge in [-0.3, -0.25) is 4.79 Å². The van der Waals surface area contributed by atoms with E-state index in [1.54, 1.807) is 12.1 Å². The average molecular weight is 418 g/mol. The van der Waals surface area contributed by atoms with Gasteiger partial charge in [0.2, 0.25) is 0 Å². The maximum Gasteiger partial charge on any atom is 0.496 e. The van der Waals surface area contributed by atoms with E-state index in [1.165, 1.54) is 11.0 Å². The molecule has 0 aromatic heterocycles. The second kappa shape index (κ2) is 7.22. The van der Waals surface area contributed by atoms with Crippen LogP contribution in [0.3, 0.4) is 0 Å². The Hall–Kier alpha value is -1.25. The first kappa shape index (κ1) is 21.5. The van der Waals surface area contributed by atoms with Crippen LogP contribution in [0.5, 0.6) is 0 Å². The van der Waals surface area contributed by atoms with Gasteiger partial charge in [-0.2, -0.15) is 13.2 Å². The van der Waals surface area contributed by atoms with Crippen LogP contribution in [0.15, 0.2) is 18.2 Å². The molecule has 1 aromatic rings. The highest BCUT2D eigenvalue weighted by Gasteiger charge is 2.52. The van der Waals surface area contributed by atoms with Crippen LogP contribution in [0.25, 0.3) is 0 Å². The zero-order valence-electron chi connectivity index (χ0n) is 16.4. The molecule has 0 spiro atoms. The molecule has 0 bridgehead atoms. The predicted octanol–water partition coefficient (Wildman–Crippen LogP) is 4.05. The Morgan fingerprint density at radius 2 is 1.68 bits per heavy atom. The number of likely N-dealkylation sites (tertiary alicyclic amines) is 1. The molecule has 2 heterocycles. The molecule has 3 rings (SSSR count). The van der Waals surface area contributed by atoms with Gasteiger partial charge in [0.15, 0.2) is 0 Å². The van der Waals surface area contributed by atoms with E-state index >= 15 is 0 Å². The third-order valence-electron chi connectivity index (χ3n) is 6.00. The van der Waals surface area contributed by atoms with Gasteiger partial charge in [-0.25, -0.2) is 0 Å². The van der Waals surface area contributed by atoms with Gasteiger partial charge in [0.1, 0.15) is 0 Å². The summed E-state index contributed by atoms with van der Waals surface area (Å²) in [5.41, 5.74) is -0.0697. The van der Waals surface area contributed by atoms with Gasteiger partial charge < -0.3 is 14.2 Å². The maximum atomic E-state index is 12.8. The first-order chi connectivity index (χ1) is 12.8. The lowest BCUT2D eigenvalue weighted by atomic mass is 9.78. The highest BCUT2D eigenvalue weighted by molar-refractivity contribution is 6.65. The van der Waals surface area contributed by atoms with Crippen molar-refractivity contribution < 1.29 is 27.3 Å². The molecule has 28 heavy (non-hydrogen) atoms. The van der Waals surface area contributed by atoms with E-state index in [2.05, 4.69) is 0 Å². The number of piperidine rings is 1. The number of amides is 1. The standard InChI is InChI=1S/C19H24BClF3NO3/c1-17(2)18(3,4)28-20(27-17)14-6-5-12(11-15(14)21)16(26)25-9-7-13(8-10-25)19(22,23)24/h5-6,11,13H,7-10H2,1-4H3. The summed E-state index contributed by atoms with van der Waals surface area (Å²) in [6.07, 6.45) is -4.35. The fourth-order valence-corrected chi connectivity index (χ4v) is 3.68. The molecule has 0 aliphatic carbocycles. The smallest absolute Gasteiger partial charge is 0.399 e. The molecule has 0 atom stereocenters. The van der Waals surface area contributed by atoms with E-state index < -0.39 is 30.4 Å². The second-order valence-corrected chi connectivity index (χ2v) is 8.84. The van der Waals surface area contributed by atoms with Crippen LogP contribution in [0.1, 0.15) is 50.9 Å². The van der Waals surface area contributed by atoms with Crippen LogP contribution in [0.2, 0.25) is 5.02 Å². The minimum Gasteiger partial charge on any atom is -0.399 e. The summed E-state index contributed by atoms with van der Waals surface area (Å²) < 4.78 is 50.4. The van der Waals surface area contributed by atoms with Gasteiger partial charge in [0.05, 0.1) is 17.1 Å². The number of hydrogen-bond acceptors (Lipinski definition) is 3. The van der Waals surface area contributed by atoms with Crippen molar-refractivity contribution in [2.45, 2.75) is 57.9 Å². The molecule has 4 nitrogen and oxygen atoms in total. The van der Waals surface area contributed by atoms with Crippen molar-refractivity contribution in [1.82, 2.24) is 4.90 Å². The van der Waals surface area contributed by atoms with E-state index in [1.807, 2.05) is 27.7 Å². The van der Waals surface area contributed by atoms with Crippen LogP contribution >= 0.6 is 11.6 Å². The van der Waals surface area contributed by atoms with Crippen molar-refractivity contribution in [3.8, 4) is 0 Å². The van der Waals surface area contributed by atoms with E-state index in [0.29, 0.717) is 16.0 Å². The fraction of sp³-hybridized carbons (Fsp3) is 0.632. The van der Waals surface area contributed by atoms with Crippen molar-refractivity contribution in [2.24, 2.45) is 5.92 Å². The molecular formula is C19H24BClF3NO3. The fourth-order valence-electron chi connectivity index (χ4n) is 3.41. The highest BCUT2D eigenvalue weighted by Crippen LogP contribution is 2.37. The number of halogens is 4. The molecule has 2 aliphatic rings. The molecule has 2 fully saturated rings. The molecule has 2 aliphatic heterocycles. The normalized spacial score (nSPS) is 22.6. The number of hydrogen-bond donors (Lipinski definition) is 0. The summed E-state index contributed by atoms with van der Waals surface area (Å²) >= 11 is 6.38. The summed E-state index contributed by atoms with van der Waals surface area (Å²) in [6.45, 7) is 7.90. The summed E-state index contributed by atoms with van der Waals surface area (Å²) in [7, 11) is -0.649. The lowest BCUT2D eigenvalue weighted by molar-refractivity contribution is -0.183. The van der Waals surface area contributed by atoms with Gasteiger partial charge in [-0.1, -0.05) is 17.7 Å². The van der Waals surface area contributed by atoms with Crippen molar-refractivity contribution in [2.75, 3.05) is 13.1 Å². The summed E-state index contributed by atoms with van der Waals surface area (Å²) in [6, 6.07) is 4.82. The Labute approximate surface area is 168 Å².